The summed E-state index contributed by atoms with van der Waals surface area (Å²) in [5.74, 6) is -4.19. The number of carboxylic acids is 2. The second-order valence-corrected chi connectivity index (χ2v) is 6.01. The number of aliphatic carboxylic acids is 2. The summed E-state index contributed by atoms with van der Waals surface area (Å²) in [6.45, 7) is 2.43. The van der Waals surface area contributed by atoms with E-state index in [-0.39, 0.29) is 12.4 Å². The van der Waals surface area contributed by atoms with Crippen molar-refractivity contribution in [1.82, 2.24) is 10.6 Å². The Labute approximate surface area is 140 Å². The monoisotopic (exact) mass is 358 g/mol. The van der Waals surface area contributed by atoms with Crippen molar-refractivity contribution in [1.29, 1.82) is 0 Å². The Kier molecular flexibility index (Phi) is 8.83. The standard InChI is InChI=1S/C11H19N3O6S.ClH/c1-11(2,21)8(9(18)13-4-7(16)17)14-6(15)3-5(12)10(19)20;/h5,8,21H,3-4,12H2,1-2H3,(H,13,18)(H,14,15)(H,16,17)(H,19,20);1H/t5-,8+;/m0./s1/i/hD. The molecule has 2 atom stereocenters. The minimum absolute atomic E-state index is 0. The van der Waals surface area contributed by atoms with E-state index in [2.05, 4.69) is 23.3 Å². The highest BCUT2D eigenvalue weighted by molar-refractivity contribution is 7.81. The number of nitrogens with two attached hydrogens (primary N) is 1. The predicted octanol–water partition coefficient (Wildman–Crippen LogP) is -1.40. The molecule has 0 aromatic heterocycles. The van der Waals surface area contributed by atoms with E-state index in [1.54, 1.807) is 5.73 Å². The Morgan fingerprint density at radius 3 is 2.23 bits per heavy atom. The first-order valence-electron chi connectivity index (χ1n) is 6.40. The Morgan fingerprint density at radius 2 is 1.86 bits per heavy atom. The van der Waals surface area contributed by atoms with Crippen molar-refractivity contribution in [2.75, 3.05) is 6.54 Å². The van der Waals surface area contributed by atoms with E-state index >= 15 is 0 Å². The number of nitrogens with one attached hydrogen (secondary N) is 2. The molecular weight excluding hydrogens is 338 g/mol. The second kappa shape index (κ2) is 9.49. The molecule has 9 nitrogen and oxygen atoms in total. The maximum atomic E-state index is 11.9. The molecule has 6 N–H and O–H groups in total. The average Bonchev–Trinajstić information content (AvgIpc) is 2.37. The fourth-order valence-corrected chi connectivity index (χ4v) is 1.50. The summed E-state index contributed by atoms with van der Waals surface area (Å²) in [4.78, 5) is 44.9. The van der Waals surface area contributed by atoms with Gasteiger partial charge in [-0.1, -0.05) is 0 Å². The number of rotatable bonds is 9. The van der Waals surface area contributed by atoms with Gasteiger partial charge in [-0.3, -0.25) is 19.2 Å². The molecule has 0 radical (unpaired) electrons. The number of amides is 2. The highest BCUT2D eigenvalue weighted by Crippen LogP contribution is 2.18. The summed E-state index contributed by atoms with van der Waals surface area (Å²) in [6.07, 6.45) is -0.564. The molecule has 0 aromatic rings. The minimum atomic E-state index is -1.43. The van der Waals surface area contributed by atoms with Crippen molar-refractivity contribution in [2.45, 2.75) is 37.1 Å². The van der Waals surface area contributed by atoms with Crippen LogP contribution in [0.2, 0.25) is 1.41 Å². The van der Waals surface area contributed by atoms with Gasteiger partial charge < -0.3 is 26.6 Å². The lowest BCUT2D eigenvalue weighted by atomic mass is 10.0. The first-order chi connectivity index (χ1) is 9.98. The average molecular weight is 359 g/mol. The van der Waals surface area contributed by atoms with Gasteiger partial charge in [0.15, 0.2) is 0 Å². The second-order valence-electron chi connectivity index (χ2n) is 4.86. The lowest BCUT2D eigenvalue weighted by Crippen LogP contribution is -2.57. The predicted molar refractivity (Wildman–Crippen MR) is 83.1 cm³/mol. The van der Waals surface area contributed by atoms with Crippen LogP contribution in [0.15, 0.2) is 0 Å². The van der Waals surface area contributed by atoms with Gasteiger partial charge in [-0.2, -0.15) is 12.6 Å². The van der Waals surface area contributed by atoms with E-state index in [1.165, 1.54) is 13.8 Å². The number of carboxylic acid groups (broad SMARTS) is 2. The minimum Gasteiger partial charge on any atom is -0.480 e. The maximum Gasteiger partial charge on any atom is 0.322 e. The van der Waals surface area contributed by atoms with Crippen molar-refractivity contribution in [3.8, 4) is 0 Å². The topological polar surface area (TPSA) is 159 Å². The van der Waals surface area contributed by atoms with Gasteiger partial charge in [0.05, 0.1) is 6.42 Å². The molecule has 0 saturated heterocycles. The molecule has 0 aliphatic heterocycles. The first-order valence-corrected chi connectivity index (χ1v) is 6.35. The lowest BCUT2D eigenvalue weighted by molar-refractivity contribution is -0.141. The van der Waals surface area contributed by atoms with Crippen molar-refractivity contribution in [3.63, 3.8) is 0 Å². The van der Waals surface area contributed by atoms with Crippen molar-refractivity contribution < 1.29 is 30.8 Å². The molecule has 0 aliphatic rings. The summed E-state index contributed by atoms with van der Waals surface area (Å²) in [6, 6.07) is -2.60. The Morgan fingerprint density at radius 1 is 1.32 bits per heavy atom. The van der Waals surface area contributed by atoms with Crippen LogP contribution in [0.3, 0.4) is 0 Å². The van der Waals surface area contributed by atoms with Gasteiger partial charge in [0, 0.05) is 4.75 Å². The molecule has 0 bridgehead atoms. The summed E-state index contributed by atoms with van der Waals surface area (Å²) >= 11 is 4.17. The molecule has 128 valence electrons. The van der Waals surface area contributed by atoms with Crippen LogP contribution in [0.1, 0.15) is 20.3 Å². The molecule has 11 heteroatoms. The third-order valence-corrected chi connectivity index (χ3v) is 2.63. The fourth-order valence-electron chi connectivity index (χ4n) is 1.32. The molecule has 0 aromatic carbocycles. The zero-order valence-electron chi connectivity index (χ0n) is 13.0. The largest absolute Gasteiger partial charge is 0.480 e. The highest BCUT2D eigenvalue weighted by atomic mass is 35.5. The van der Waals surface area contributed by atoms with Gasteiger partial charge in [-0.05, 0) is 13.8 Å². The van der Waals surface area contributed by atoms with Crippen molar-refractivity contribution >= 4 is 48.8 Å². The van der Waals surface area contributed by atoms with Gasteiger partial charge in [0.2, 0.25) is 11.8 Å². The third-order valence-electron chi connectivity index (χ3n) is 2.38. The molecule has 0 saturated carbocycles. The van der Waals surface area contributed by atoms with Crippen molar-refractivity contribution in [2.24, 2.45) is 5.73 Å². The molecule has 0 aliphatic carbocycles. The number of carbonyl (C=O) groups is 4. The van der Waals surface area contributed by atoms with Gasteiger partial charge in [-0.15, -0.1) is 12.4 Å². The summed E-state index contributed by atoms with van der Waals surface area (Å²) < 4.78 is 5.79. The summed E-state index contributed by atoms with van der Waals surface area (Å²) in [5.41, 5.74) is 1.71. The smallest absolute Gasteiger partial charge is 0.322 e. The number of hydrogen-bond acceptors (Lipinski definition) is 6. The van der Waals surface area contributed by atoms with Gasteiger partial charge in [0.25, 0.3) is 0 Å². The van der Waals surface area contributed by atoms with E-state index < -0.39 is 53.5 Å². The van der Waals surface area contributed by atoms with E-state index in [1.807, 2.05) is 0 Å². The normalized spacial score (nSPS) is 13.9. The van der Waals surface area contributed by atoms with Crippen LogP contribution in [0.5, 0.6) is 0 Å². The Balaban J connectivity index is 0. The van der Waals surface area contributed by atoms with Gasteiger partial charge >= 0.3 is 11.9 Å². The quantitative estimate of drug-likeness (QED) is 0.276. The molecule has 0 rings (SSSR count). The first kappa shape index (κ1) is 20.5. The van der Waals surface area contributed by atoms with Gasteiger partial charge in [-0.25, -0.2) is 0 Å². The summed E-state index contributed by atoms with van der Waals surface area (Å²) in [5, 5.41) is 21.7. The Bertz CT molecular complexity index is 460. The van der Waals surface area contributed by atoms with Gasteiger partial charge in [0.1, 0.15) is 20.0 Å². The van der Waals surface area contributed by atoms with Crippen LogP contribution in [-0.2, 0) is 19.2 Å². The SMILES string of the molecule is Cl.[2H]N[C@@H](CC(=O)N[C@H](C(=O)NCC(=O)O)C(C)(C)S)C(=O)O. The van der Waals surface area contributed by atoms with Crippen LogP contribution in [0.25, 0.3) is 0 Å². The Hall–Kier alpha value is -1.52. The molecule has 0 spiro atoms. The number of carbonyl (C=O) groups excluding carboxylic acids is 2. The van der Waals surface area contributed by atoms with Crippen LogP contribution < -0.4 is 16.4 Å². The molecule has 0 fully saturated rings. The summed E-state index contributed by atoms with van der Waals surface area (Å²) in [7, 11) is 0. The molecular formula is C11H20ClN3O6S. The van der Waals surface area contributed by atoms with E-state index in [9.17, 15) is 19.2 Å². The number of hydrogen-bond donors (Lipinski definition) is 6. The van der Waals surface area contributed by atoms with Crippen LogP contribution in [0.4, 0.5) is 0 Å². The molecule has 0 unspecified atom stereocenters. The fraction of sp³-hybridized carbons (Fsp3) is 0.636. The number of halogens is 1. The number of thiol groups is 1. The van der Waals surface area contributed by atoms with E-state index in [4.69, 9.17) is 11.6 Å². The maximum absolute atomic E-state index is 11.9. The lowest BCUT2D eigenvalue weighted by Gasteiger charge is -2.29. The van der Waals surface area contributed by atoms with Crippen LogP contribution in [-0.4, -0.2) is 57.3 Å². The van der Waals surface area contributed by atoms with Crippen molar-refractivity contribution in [3.05, 3.63) is 0 Å². The van der Waals surface area contributed by atoms with Crippen LogP contribution in [0, 0.1) is 0 Å². The zero-order valence-corrected chi connectivity index (χ0v) is 13.7. The van der Waals surface area contributed by atoms with E-state index in [0.29, 0.717) is 0 Å². The zero-order chi connectivity index (χ0) is 17.5. The van der Waals surface area contributed by atoms with Crippen LogP contribution >= 0.6 is 25.0 Å². The highest BCUT2D eigenvalue weighted by Gasteiger charge is 2.34. The molecule has 0 heterocycles. The third kappa shape index (κ3) is 8.70. The molecule has 2 amide bonds. The van der Waals surface area contributed by atoms with E-state index in [0.717, 1.165) is 0 Å². The molecule has 22 heavy (non-hydrogen) atoms.